The van der Waals surface area contributed by atoms with Crippen LogP contribution in [0.1, 0.15) is 72.3 Å². The number of ether oxygens (including phenoxy) is 3. The SMILES string of the molecule is C=CCO[C@@]12Oc3ccc(Oc4cccc([N+](=O)[O-])c4)cc3[C@H]3[C@H](CCCCO)[C@@H](CCCCO)C=C(C(=NOC)C[C@@H]1N(C)C(=O)c1ccc(C#N)cc1)[C@H]32. The molecule has 56 heavy (non-hydrogen) atoms. The first-order valence-corrected chi connectivity index (χ1v) is 19.0. The number of aliphatic hydroxyl groups excluding tert-OH is 2. The van der Waals surface area contributed by atoms with Crippen LogP contribution in [-0.2, 0) is 9.57 Å². The van der Waals surface area contributed by atoms with E-state index < -0.39 is 22.7 Å². The zero-order valence-electron chi connectivity index (χ0n) is 31.7. The van der Waals surface area contributed by atoms with Crippen LogP contribution < -0.4 is 9.47 Å². The van der Waals surface area contributed by atoms with E-state index in [0.29, 0.717) is 46.9 Å². The second-order valence-electron chi connectivity index (χ2n) is 14.4. The molecule has 1 fully saturated rings. The molecule has 0 unspecified atom stereocenters. The summed E-state index contributed by atoms with van der Waals surface area (Å²) in [7, 11) is 3.21. The van der Waals surface area contributed by atoms with Gasteiger partial charge >= 0.3 is 0 Å². The highest BCUT2D eigenvalue weighted by Crippen LogP contribution is 2.62. The number of amides is 1. The minimum Gasteiger partial charge on any atom is -0.459 e. The molecule has 0 aromatic heterocycles. The van der Waals surface area contributed by atoms with Crippen molar-refractivity contribution < 1.29 is 39.0 Å². The Kier molecular flexibility index (Phi) is 12.9. The Morgan fingerprint density at radius 1 is 1.09 bits per heavy atom. The number of nitrogens with zero attached hydrogens (tertiary/aromatic N) is 4. The smallest absolute Gasteiger partial charge is 0.273 e. The number of nitriles is 1. The van der Waals surface area contributed by atoms with Crippen LogP contribution in [0.15, 0.2) is 96.2 Å². The number of nitro groups is 1. The lowest BCUT2D eigenvalue weighted by molar-refractivity contribution is -0.384. The Labute approximate surface area is 326 Å². The maximum absolute atomic E-state index is 14.3. The molecule has 13 nitrogen and oxygen atoms in total. The first kappa shape index (κ1) is 40.1. The third-order valence-corrected chi connectivity index (χ3v) is 11.2. The predicted molar refractivity (Wildman–Crippen MR) is 208 cm³/mol. The van der Waals surface area contributed by atoms with Gasteiger partial charge in [0.1, 0.15) is 30.4 Å². The second-order valence-corrected chi connectivity index (χ2v) is 14.4. The van der Waals surface area contributed by atoms with Gasteiger partial charge in [0.05, 0.1) is 40.9 Å². The molecule has 294 valence electrons. The lowest BCUT2D eigenvalue weighted by Gasteiger charge is -2.59. The third kappa shape index (κ3) is 8.04. The molecule has 0 bridgehead atoms. The second kappa shape index (κ2) is 17.9. The van der Waals surface area contributed by atoms with Gasteiger partial charge in [0.2, 0.25) is 5.79 Å². The summed E-state index contributed by atoms with van der Waals surface area (Å²) >= 11 is 0. The van der Waals surface area contributed by atoms with E-state index in [1.807, 2.05) is 12.1 Å². The normalized spacial score (nSPS) is 24.1. The number of non-ortho nitro benzene ring substituents is 1. The summed E-state index contributed by atoms with van der Waals surface area (Å²) in [6, 6.07) is 19.4. The van der Waals surface area contributed by atoms with Gasteiger partial charge in [0, 0.05) is 49.8 Å². The number of benzene rings is 3. The number of unbranched alkanes of at least 4 members (excludes halogenated alkanes) is 2. The number of hydrogen-bond acceptors (Lipinski definition) is 11. The van der Waals surface area contributed by atoms with E-state index in [-0.39, 0.29) is 55.6 Å². The Hall–Kier alpha value is -5.55. The van der Waals surface area contributed by atoms with Crippen LogP contribution >= 0.6 is 0 Å². The quantitative estimate of drug-likeness (QED) is 0.0614. The van der Waals surface area contributed by atoms with Crippen LogP contribution in [0.4, 0.5) is 5.69 Å². The fourth-order valence-electron chi connectivity index (χ4n) is 8.73. The summed E-state index contributed by atoms with van der Waals surface area (Å²) < 4.78 is 20.3. The molecule has 3 aromatic rings. The molecule has 2 aliphatic carbocycles. The maximum Gasteiger partial charge on any atom is 0.273 e. The summed E-state index contributed by atoms with van der Waals surface area (Å²) in [6.07, 6.45) is 8.49. The van der Waals surface area contributed by atoms with Crippen molar-refractivity contribution in [1.29, 1.82) is 5.26 Å². The molecule has 3 aromatic carbocycles. The molecule has 0 radical (unpaired) electrons. The number of carbonyl (C=O) groups excluding carboxylic acids is 1. The molecule has 13 heteroatoms. The van der Waals surface area contributed by atoms with Crippen LogP contribution in [0.2, 0.25) is 0 Å². The van der Waals surface area contributed by atoms with E-state index in [0.717, 1.165) is 36.8 Å². The molecule has 0 spiro atoms. The largest absolute Gasteiger partial charge is 0.459 e. The molecule has 0 saturated heterocycles. The molecule has 1 aliphatic heterocycles. The summed E-state index contributed by atoms with van der Waals surface area (Å²) in [5.74, 6) is -1.18. The zero-order chi connectivity index (χ0) is 39.8. The minimum atomic E-state index is -1.44. The van der Waals surface area contributed by atoms with Crippen molar-refractivity contribution in [2.45, 2.75) is 62.7 Å². The number of nitro benzene ring substituents is 1. The average molecular weight is 765 g/mol. The van der Waals surface area contributed by atoms with Gasteiger partial charge in [-0.3, -0.25) is 14.9 Å². The molecular formula is C43H48N4O9. The van der Waals surface area contributed by atoms with Crippen molar-refractivity contribution in [1.82, 2.24) is 4.90 Å². The van der Waals surface area contributed by atoms with Gasteiger partial charge in [-0.05, 0) is 91.6 Å². The number of aliphatic hydroxyl groups is 2. The molecule has 1 heterocycles. The van der Waals surface area contributed by atoms with Crippen LogP contribution in [0.25, 0.3) is 0 Å². The zero-order valence-corrected chi connectivity index (χ0v) is 31.7. The first-order chi connectivity index (χ1) is 27.2. The van der Waals surface area contributed by atoms with E-state index in [1.165, 1.54) is 19.2 Å². The highest BCUT2D eigenvalue weighted by Gasteiger charge is 2.65. The lowest BCUT2D eigenvalue weighted by Crippen LogP contribution is -2.69. The highest BCUT2D eigenvalue weighted by molar-refractivity contribution is 6.03. The van der Waals surface area contributed by atoms with Crippen LogP contribution in [0.5, 0.6) is 17.2 Å². The molecule has 6 rings (SSSR count). The molecule has 1 saturated carbocycles. The van der Waals surface area contributed by atoms with Crippen molar-refractivity contribution in [3.8, 4) is 23.3 Å². The van der Waals surface area contributed by atoms with Crippen molar-refractivity contribution in [3.63, 3.8) is 0 Å². The lowest BCUT2D eigenvalue weighted by atomic mass is 9.55. The van der Waals surface area contributed by atoms with Crippen molar-refractivity contribution in [2.24, 2.45) is 22.9 Å². The van der Waals surface area contributed by atoms with Gasteiger partial charge in [-0.25, -0.2) is 0 Å². The number of oxime groups is 1. The Bertz CT molecular complexity index is 2010. The van der Waals surface area contributed by atoms with E-state index >= 15 is 0 Å². The summed E-state index contributed by atoms with van der Waals surface area (Å²) in [6.45, 7) is 4.19. The summed E-state index contributed by atoms with van der Waals surface area (Å²) in [5, 5.41) is 45.1. The minimum absolute atomic E-state index is 0.00140. The number of allylic oxidation sites excluding steroid dienone is 1. The molecule has 3 aliphatic rings. The maximum atomic E-state index is 14.3. The van der Waals surface area contributed by atoms with E-state index in [4.69, 9.17) is 19.0 Å². The van der Waals surface area contributed by atoms with Gasteiger partial charge in [0.15, 0.2) is 0 Å². The van der Waals surface area contributed by atoms with Crippen molar-refractivity contribution in [3.05, 3.63) is 118 Å². The van der Waals surface area contributed by atoms with Gasteiger partial charge < -0.3 is 34.2 Å². The number of hydrogen-bond donors (Lipinski definition) is 2. The van der Waals surface area contributed by atoms with Gasteiger partial charge in [-0.2, -0.15) is 5.26 Å². The topological polar surface area (TPSA) is 177 Å². The van der Waals surface area contributed by atoms with Crippen LogP contribution in [0, 0.1) is 39.2 Å². The fourth-order valence-corrected chi connectivity index (χ4v) is 8.73. The summed E-state index contributed by atoms with van der Waals surface area (Å²) in [4.78, 5) is 32.5. The Morgan fingerprint density at radius 2 is 1.82 bits per heavy atom. The number of likely N-dealkylation sites (N-methyl/N-ethyl adjacent to an activating group) is 1. The first-order valence-electron chi connectivity index (χ1n) is 19.0. The number of fused-ring (bicyclic) bond motifs is 2. The molecule has 1 amide bonds. The van der Waals surface area contributed by atoms with Gasteiger partial charge in [0.25, 0.3) is 11.6 Å². The number of carbonyl (C=O) groups is 1. The fraction of sp³-hybridized carbons (Fsp3) is 0.419. The summed E-state index contributed by atoms with van der Waals surface area (Å²) in [5.41, 5.74) is 3.12. The number of rotatable bonds is 17. The monoisotopic (exact) mass is 764 g/mol. The Morgan fingerprint density at radius 3 is 2.50 bits per heavy atom. The van der Waals surface area contributed by atoms with Crippen LogP contribution in [0.3, 0.4) is 0 Å². The Balaban J connectivity index is 1.55. The van der Waals surface area contributed by atoms with E-state index in [1.54, 1.807) is 60.5 Å². The molecule has 2 N–H and O–H groups in total. The standard InChI is InChI=1S/C43H48N4O9/c1-4-22-54-43-39(46(2)42(50)29-16-14-28(27-44)15-17-29)26-37(45-53-3)35-23-30(10-5-7-20-48)34(13-6-8-21-49)40(41(35)43)36-25-33(18-19-38(36)56-43)55-32-12-9-11-31(24-32)47(51)52/h4,9,11-12,14-19,23-25,30,34,39-41,48-49H,1,5-8,10,13,20-22,26H2,2-3H3/t30-,34+,39-,40+,41+,43+/m0/s1. The van der Waals surface area contributed by atoms with E-state index in [9.17, 15) is 30.4 Å². The average Bonchev–Trinajstić information content (AvgIpc) is 3.21. The van der Waals surface area contributed by atoms with Crippen molar-refractivity contribution in [2.75, 3.05) is 34.0 Å². The van der Waals surface area contributed by atoms with Crippen molar-refractivity contribution >= 4 is 17.3 Å². The third-order valence-electron chi connectivity index (χ3n) is 11.2. The van der Waals surface area contributed by atoms with Gasteiger partial charge in [-0.1, -0.05) is 36.2 Å². The molecular weight excluding hydrogens is 716 g/mol. The highest BCUT2D eigenvalue weighted by atomic mass is 16.7. The van der Waals surface area contributed by atoms with Gasteiger partial charge in [-0.15, -0.1) is 6.58 Å². The van der Waals surface area contributed by atoms with E-state index in [2.05, 4.69) is 23.9 Å². The molecule has 6 atom stereocenters. The van der Waals surface area contributed by atoms with Crippen LogP contribution in [-0.4, -0.2) is 77.5 Å². The predicted octanol–water partition coefficient (Wildman–Crippen LogP) is 7.29.